The van der Waals surface area contributed by atoms with Crippen molar-refractivity contribution in [1.82, 2.24) is 4.72 Å². The molecule has 0 aliphatic rings. The van der Waals surface area contributed by atoms with E-state index in [1.807, 2.05) is 56.3 Å². The summed E-state index contributed by atoms with van der Waals surface area (Å²) >= 11 is 0. The molecule has 6 heteroatoms. The van der Waals surface area contributed by atoms with Crippen LogP contribution in [0.2, 0.25) is 0 Å². The molecule has 0 aromatic heterocycles. The summed E-state index contributed by atoms with van der Waals surface area (Å²) in [4.78, 5) is 0.187. The molecule has 0 saturated carbocycles. The molecule has 3 rings (SSSR count). The van der Waals surface area contributed by atoms with Crippen LogP contribution in [0.1, 0.15) is 16.7 Å². The summed E-state index contributed by atoms with van der Waals surface area (Å²) < 4.78 is 33.1. The molecule has 5 nitrogen and oxygen atoms in total. The molecule has 3 aromatic rings. The molecule has 0 aliphatic carbocycles. The largest absolute Gasteiger partial charge is 0.457 e. The summed E-state index contributed by atoms with van der Waals surface area (Å²) in [5.74, 6) is 1.51. The molecule has 0 spiro atoms. The highest BCUT2D eigenvalue weighted by molar-refractivity contribution is 7.89. The van der Waals surface area contributed by atoms with E-state index in [1.165, 1.54) is 17.7 Å². The van der Waals surface area contributed by atoms with Gasteiger partial charge in [0, 0.05) is 12.2 Å². The Bertz CT molecular complexity index is 1030. The fraction of sp³-hybridized carbons (Fsp3) is 0.143. The van der Waals surface area contributed by atoms with E-state index in [9.17, 15) is 8.42 Å². The Balaban J connectivity index is 1.65. The summed E-state index contributed by atoms with van der Waals surface area (Å²) in [6.45, 7) is 4.25. The highest BCUT2D eigenvalue weighted by Gasteiger charge is 2.13. The van der Waals surface area contributed by atoms with Crippen molar-refractivity contribution in [3.63, 3.8) is 0 Å². The Hall–Kier alpha value is -2.83. The van der Waals surface area contributed by atoms with E-state index in [0.29, 0.717) is 11.4 Å². The molecule has 3 aromatic carbocycles. The highest BCUT2D eigenvalue weighted by atomic mass is 32.2. The molecule has 0 atom stereocenters. The minimum Gasteiger partial charge on any atom is -0.457 e. The third-order valence-corrected chi connectivity index (χ3v) is 5.78. The Labute approximate surface area is 159 Å². The van der Waals surface area contributed by atoms with E-state index >= 15 is 0 Å². The average Bonchev–Trinajstić information content (AvgIpc) is 2.65. The zero-order valence-corrected chi connectivity index (χ0v) is 16.1. The second-order valence-electron chi connectivity index (χ2n) is 6.34. The number of rotatable bonds is 6. The zero-order chi connectivity index (χ0) is 19.4. The normalized spacial score (nSPS) is 11.3. The number of nitrogen functional groups attached to an aromatic ring is 1. The maximum Gasteiger partial charge on any atom is 0.240 e. The molecule has 0 saturated heterocycles. The fourth-order valence-electron chi connectivity index (χ4n) is 2.55. The maximum atomic E-state index is 12.3. The van der Waals surface area contributed by atoms with Gasteiger partial charge in [-0.05, 0) is 73.0 Å². The summed E-state index contributed by atoms with van der Waals surface area (Å²) in [6, 6.07) is 19.4. The Morgan fingerprint density at radius 1 is 0.926 bits per heavy atom. The first-order valence-corrected chi connectivity index (χ1v) is 10.0. The van der Waals surface area contributed by atoms with E-state index < -0.39 is 10.0 Å². The van der Waals surface area contributed by atoms with Gasteiger partial charge in [0.25, 0.3) is 0 Å². The van der Waals surface area contributed by atoms with Crippen LogP contribution < -0.4 is 15.2 Å². The summed E-state index contributed by atoms with van der Waals surface area (Å²) in [7, 11) is -3.58. The Morgan fingerprint density at radius 2 is 1.59 bits per heavy atom. The van der Waals surface area contributed by atoms with E-state index in [4.69, 9.17) is 10.5 Å². The molecular weight excluding hydrogens is 360 g/mol. The molecule has 0 bridgehead atoms. The SMILES string of the molecule is Cc1cccc(Oc2ccc(CNS(=O)(=O)c3ccc(N)cc3)cc2)c1C. The van der Waals surface area contributed by atoms with Gasteiger partial charge in [0.15, 0.2) is 0 Å². The van der Waals surface area contributed by atoms with Gasteiger partial charge in [0.1, 0.15) is 11.5 Å². The van der Waals surface area contributed by atoms with Crippen LogP contribution in [0.5, 0.6) is 11.5 Å². The lowest BCUT2D eigenvalue weighted by Crippen LogP contribution is -2.23. The number of aryl methyl sites for hydroxylation is 1. The number of hydrogen-bond acceptors (Lipinski definition) is 4. The number of nitrogens with one attached hydrogen (secondary N) is 1. The molecule has 27 heavy (non-hydrogen) atoms. The second kappa shape index (κ2) is 7.82. The number of benzene rings is 3. The molecule has 140 valence electrons. The second-order valence-corrected chi connectivity index (χ2v) is 8.10. The van der Waals surface area contributed by atoms with E-state index in [-0.39, 0.29) is 11.4 Å². The van der Waals surface area contributed by atoms with Crippen molar-refractivity contribution in [2.45, 2.75) is 25.3 Å². The minimum atomic E-state index is -3.58. The molecule has 0 unspecified atom stereocenters. The molecule has 3 N–H and O–H groups in total. The summed E-state index contributed by atoms with van der Waals surface area (Å²) in [6.07, 6.45) is 0. The van der Waals surface area contributed by atoms with E-state index in [2.05, 4.69) is 4.72 Å². The lowest BCUT2D eigenvalue weighted by atomic mass is 10.1. The predicted molar refractivity (Wildman–Crippen MR) is 107 cm³/mol. The standard InChI is InChI=1S/C21H22N2O3S/c1-15-4-3-5-21(16(15)2)26-19-10-6-17(7-11-19)14-23-27(24,25)20-12-8-18(22)9-13-20/h3-13,23H,14,22H2,1-2H3. The van der Waals surface area contributed by atoms with Gasteiger partial charge in [-0.1, -0.05) is 24.3 Å². The number of ether oxygens (including phenoxy) is 1. The van der Waals surface area contributed by atoms with Crippen molar-refractivity contribution in [2.24, 2.45) is 0 Å². The van der Waals surface area contributed by atoms with Crippen LogP contribution in [-0.4, -0.2) is 8.42 Å². The first kappa shape index (κ1) is 18.9. The number of sulfonamides is 1. The highest BCUT2D eigenvalue weighted by Crippen LogP contribution is 2.27. The summed E-state index contributed by atoms with van der Waals surface area (Å²) in [5, 5.41) is 0. The van der Waals surface area contributed by atoms with Crippen LogP contribution in [0.4, 0.5) is 5.69 Å². The van der Waals surface area contributed by atoms with Crippen LogP contribution in [0, 0.1) is 13.8 Å². The van der Waals surface area contributed by atoms with Crippen LogP contribution in [0.25, 0.3) is 0 Å². The van der Waals surface area contributed by atoms with Crippen molar-refractivity contribution >= 4 is 15.7 Å². The van der Waals surface area contributed by atoms with Crippen molar-refractivity contribution < 1.29 is 13.2 Å². The first-order valence-electron chi connectivity index (χ1n) is 8.53. The van der Waals surface area contributed by atoms with Gasteiger partial charge in [-0.2, -0.15) is 0 Å². The van der Waals surface area contributed by atoms with E-state index in [0.717, 1.165) is 16.9 Å². The predicted octanol–water partition coefficient (Wildman–Crippen LogP) is 4.16. The van der Waals surface area contributed by atoms with Crippen molar-refractivity contribution in [1.29, 1.82) is 0 Å². The van der Waals surface area contributed by atoms with Crippen LogP contribution in [0.3, 0.4) is 0 Å². The Kier molecular flexibility index (Phi) is 5.48. The first-order chi connectivity index (χ1) is 12.8. The number of hydrogen-bond donors (Lipinski definition) is 2. The van der Waals surface area contributed by atoms with Gasteiger partial charge >= 0.3 is 0 Å². The van der Waals surface area contributed by atoms with Gasteiger partial charge in [-0.3, -0.25) is 0 Å². The van der Waals surface area contributed by atoms with Gasteiger partial charge in [0.2, 0.25) is 10.0 Å². The molecule has 0 radical (unpaired) electrons. The smallest absolute Gasteiger partial charge is 0.240 e. The number of nitrogens with two attached hydrogens (primary N) is 1. The molecule has 0 amide bonds. The lowest BCUT2D eigenvalue weighted by molar-refractivity contribution is 0.478. The Morgan fingerprint density at radius 3 is 2.26 bits per heavy atom. The molecule has 0 heterocycles. The molecular formula is C21H22N2O3S. The monoisotopic (exact) mass is 382 g/mol. The van der Waals surface area contributed by atoms with Crippen molar-refractivity contribution in [2.75, 3.05) is 5.73 Å². The average molecular weight is 382 g/mol. The van der Waals surface area contributed by atoms with Crippen LogP contribution in [0.15, 0.2) is 71.6 Å². The van der Waals surface area contributed by atoms with E-state index in [1.54, 1.807) is 12.1 Å². The third-order valence-electron chi connectivity index (χ3n) is 4.36. The maximum absolute atomic E-state index is 12.3. The van der Waals surface area contributed by atoms with Crippen LogP contribution in [-0.2, 0) is 16.6 Å². The zero-order valence-electron chi connectivity index (χ0n) is 15.3. The van der Waals surface area contributed by atoms with Gasteiger partial charge in [-0.25, -0.2) is 13.1 Å². The molecule has 0 aliphatic heterocycles. The van der Waals surface area contributed by atoms with Crippen LogP contribution >= 0.6 is 0 Å². The summed E-state index contributed by atoms with van der Waals surface area (Å²) in [5.41, 5.74) is 9.21. The fourth-order valence-corrected chi connectivity index (χ4v) is 3.56. The topological polar surface area (TPSA) is 81.4 Å². The van der Waals surface area contributed by atoms with Gasteiger partial charge in [0.05, 0.1) is 4.90 Å². The third kappa shape index (κ3) is 4.67. The molecule has 0 fully saturated rings. The number of anilines is 1. The van der Waals surface area contributed by atoms with Crippen molar-refractivity contribution in [3.8, 4) is 11.5 Å². The van der Waals surface area contributed by atoms with Gasteiger partial charge < -0.3 is 10.5 Å². The van der Waals surface area contributed by atoms with Crippen molar-refractivity contribution in [3.05, 3.63) is 83.4 Å². The van der Waals surface area contributed by atoms with Gasteiger partial charge in [-0.15, -0.1) is 0 Å². The quantitative estimate of drug-likeness (QED) is 0.627. The lowest BCUT2D eigenvalue weighted by Gasteiger charge is -2.11. The minimum absolute atomic E-state index is 0.187.